The maximum Gasteiger partial charge on any atom is 0.105 e. The number of nitrogens with two attached hydrogens (primary N) is 1. The molecule has 0 spiro atoms. The molecule has 0 saturated carbocycles. The molecule has 17 heavy (non-hydrogen) atoms. The number of hydrogen-bond donors (Lipinski definition) is 1. The first-order valence-corrected chi connectivity index (χ1v) is 6.77. The molecule has 0 aliphatic rings. The SMILES string of the molecule is Cc1ncsc1CCOCCOC(C)C(N)=S. The molecule has 4 nitrogen and oxygen atoms in total. The van der Waals surface area contributed by atoms with E-state index in [-0.39, 0.29) is 6.10 Å². The molecule has 0 saturated heterocycles. The number of rotatable bonds is 8. The Hall–Kier alpha value is -0.560. The summed E-state index contributed by atoms with van der Waals surface area (Å²) in [5, 5.41) is 0. The molecule has 1 aromatic heterocycles. The molecule has 96 valence electrons. The van der Waals surface area contributed by atoms with Crippen LogP contribution in [0.1, 0.15) is 17.5 Å². The zero-order valence-electron chi connectivity index (χ0n) is 10.1. The Balaban J connectivity index is 2.02. The molecule has 0 aromatic carbocycles. The third-order valence-electron chi connectivity index (χ3n) is 2.31. The van der Waals surface area contributed by atoms with Gasteiger partial charge in [0.05, 0.1) is 31.0 Å². The van der Waals surface area contributed by atoms with Crippen molar-refractivity contribution in [1.29, 1.82) is 0 Å². The summed E-state index contributed by atoms with van der Waals surface area (Å²) < 4.78 is 10.8. The van der Waals surface area contributed by atoms with Crippen molar-refractivity contribution in [3.8, 4) is 0 Å². The third kappa shape index (κ3) is 5.54. The van der Waals surface area contributed by atoms with Gasteiger partial charge in [-0.05, 0) is 13.8 Å². The Kier molecular flexibility index (Phi) is 6.57. The lowest BCUT2D eigenvalue weighted by molar-refractivity contribution is 0.0372. The lowest BCUT2D eigenvalue weighted by atomic mass is 10.3. The number of thiazole rings is 1. The molecule has 1 rings (SSSR count). The van der Waals surface area contributed by atoms with E-state index in [4.69, 9.17) is 27.4 Å². The van der Waals surface area contributed by atoms with Crippen molar-refractivity contribution >= 4 is 28.5 Å². The van der Waals surface area contributed by atoms with Crippen LogP contribution in [0.2, 0.25) is 0 Å². The van der Waals surface area contributed by atoms with Crippen LogP contribution in [0, 0.1) is 6.92 Å². The minimum Gasteiger partial charge on any atom is -0.391 e. The fraction of sp³-hybridized carbons (Fsp3) is 0.636. The van der Waals surface area contributed by atoms with E-state index in [0.29, 0.717) is 24.8 Å². The van der Waals surface area contributed by atoms with Crippen LogP contribution in [0.3, 0.4) is 0 Å². The Morgan fingerprint density at radius 3 is 2.88 bits per heavy atom. The molecule has 1 unspecified atom stereocenters. The lowest BCUT2D eigenvalue weighted by Crippen LogP contribution is -2.27. The predicted octanol–water partition coefficient (Wildman–Crippen LogP) is 1.70. The highest BCUT2D eigenvalue weighted by Crippen LogP contribution is 2.12. The van der Waals surface area contributed by atoms with Gasteiger partial charge < -0.3 is 15.2 Å². The number of hydrogen-bond acceptors (Lipinski definition) is 5. The number of thiocarbonyl (C=S) groups is 1. The largest absolute Gasteiger partial charge is 0.391 e. The number of aryl methyl sites for hydroxylation is 1. The molecule has 1 aromatic rings. The van der Waals surface area contributed by atoms with E-state index in [1.54, 1.807) is 11.3 Å². The van der Waals surface area contributed by atoms with E-state index in [0.717, 1.165) is 12.1 Å². The smallest absolute Gasteiger partial charge is 0.105 e. The molecule has 1 atom stereocenters. The summed E-state index contributed by atoms with van der Waals surface area (Å²) >= 11 is 6.46. The summed E-state index contributed by atoms with van der Waals surface area (Å²) in [7, 11) is 0. The fourth-order valence-electron chi connectivity index (χ4n) is 1.20. The van der Waals surface area contributed by atoms with Crippen LogP contribution in [-0.4, -0.2) is 35.9 Å². The standard InChI is InChI=1S/C11H18N2O2S2/c1-8-10(17-7-13-8)3-4-14-5-6-15-9(2)11(12)16/h7,9H,3-6H2,1-2H3,(H2,12,16). The molecule has 0 fully saturated rings. The van der Waals surface area contributed by atoms with Gasteiger partial charge in [-0.15, -0.1) is 11.3 Å². The highest BCUT2D eigenvalue weighted by molar-refractivity contribution is 7.80. The topological polar surface area (TPSA) is 57.4 Å². The average molecular weight is 274 g/mol. The normalized spacial score (nSPS) is 12.6. The number of aromatic nitrogens is 1. The first-order valence-electron chi connectivity index (χ1n) is 5.49. The van der Waals surface area contributed by atoms with Crippen LogP contribution >= 0.6 is 23.6 Å². The second kappa shape index (κ2) is 7.71. The van der Waals surface area contributed by atoms with E-state index >= 15 is 0 Å². The van der Waals surface area contributed by atoms with Gasteiger partial charge in [-0.3, -0.25) is 0 Å². The van der Waals surface area contributed by atoms with Crippen LogP contribution in [-0.2, 0) is 15.9 Å². The van der Waals surface area contributed by atoms with Gasteiger partial charge in [-0.2, -0.15) is 0 Å². The summed E-state index contributed by atoms with van der Waals surface area (Å²) in [5.74, 6) is 0. The summed E-state index contributed by atoms with van der Waals surface area (Å²) in [5.41, 5.74) is 8.37. The second-order valence-corrected chi connectivity index (χ2v) is 5.05. The van der Waals surface area contributed by atoms with Crippen LogP contribution in [0.5, 0.6) is 0 Å². The maximum atomic E-state index is 5.46. The van der Waals surface area contributed by atoms with Crippen molar-refractivity contribution in [3.05, 3.63) is 16.1 Å². The Morgan fingerprint density at radius 1 is 1.53 bits per heavy atom. The third-order valence-corrected chi connectivity index (χ3v) is 3.64. The summed E-state index contributed by atoms with van der Waals surface area (Å²) in [6.45, 7) is 5.61. The van der Waals surface area contributed by atoms with Crippen LogP contribution in [0.4, 0.5) is 0 Å². The number of ether oxygens (including phenoxy) is 2. The van der Waals surface area contributed by atoms with E-state index in [1.807, 2.05) is 19.4 Å². The van der Waals surface area contributed by atoms with Gasteiger partial charge in [0.25, 0.3) is 0 Å². The summed E-state index contributed by atoms with van der Waals surface area (Å²) in [4.78, 5) is 5.84. The van der Waals surface area contributed by atoms with E-state index in [2.05, 4.69) is 4.98 Å². The quantitative estimate of drug-likeness (QED) is 0.577. The van der Waals surface area contributed by atoms with Crippen LogP contribution < -0.4 is 5.73 Å². The van der Waals surface area contributed by atoms with E-state index in [1.165, 1.54) is 4.88 Å². The molecular weight excluding hydrogens is 256 g/mol. The van der Waals surface area contributed by atoms with Gasteiger partial charge in [0, 0.05) is 11.3 Å². The van der Waals surface area contributed by atoms with Crippen LogP contribution in [0.25, 0.3) is 0 Å². The van der Waals surface area contributed by atoms with Gasteiger partial charge in [0.1, 0.15) is 11.1 Å². The van der Waals surface area contributed by atoms with E-state index in [9.17, 15) is 0 Å². The molecule has 6 heteroatoms. The Morgan fingerprint density at radius 2 is 2.29 bits per heavy atom. The van der Waals surface area contributed by atoms with Crippen molar-refractivity contribution in [2.45, 2.75) is 26.4 Å². The molecule has 2 N–H and O–H groups in total. The zero-order chi connectivity index (χ0) is 12.7. The van der Waals surface area contributed by atoms with Crippen molar-refractivity contribution in [2.24, 2.45) is 5.73 Å². The molecule has 0 aliphatic heterocycles. The second-order valence-electron chi connectivity index (χ2n) is 3.64. The van der Waals surface area contributed by atoms with E-state index < -0.39 is 0 Å². The monoisotopic (exact) mass is 274 g/mol. The maximum absolute atomic E-state index is 5.46. The zero-order valence-corrected chi connectivity index (χ0v) is 11.8. The summed E-state index contributed by atoms with van der Waals surface area (Å²) in [6, 6.07) is 0. The Bertz CT molecular complexity index is 355. The minimum absolute atomic E-state index is 0.183. The fourth-order valence-corrected chi connectivity index (χ4v) is 2.03. The average Bonchev–Trinajstić information content (AvgIpc) is 2.68. The Labute approximate surface area is 111 Å². The minimum atomic E-state index is -0.183. The van der Waals surface area contributed by atoms with Gasteiger partial charge >= 0.3 is 0 Å². The van der Waals surface area contributed by atoms with Gasteiger partial charge in [0.15, 0.2) is 0 Å². The van der Waals surface area contributed by atoms with Crippen molar-refractivity contribution in [2.75, 3.05) is 19.8 Å². The first-order chi connectivity index (χ1) is 8.11. The van der Waals surface area contributed by atoms with Gasteiger partial charge in [-0.1, -0.05) is 12.2 Å². The van der Waals surface area contributed by atoms with Crippen LogP contribution in [0.15, 0.2) is 5.51 Å². The number of nitrogens with zero attached hydrogens (tertiary/aromatic N) is 1. The highest BCUT2D eigenvalue weighted by Gasteiger charge is 2.04. The van der Waals surface area contributed by atoms with Crippen molar-refractivity contribution in [1.82, 2.24) is 4.98 Å². The molecular formula is C11H18N2O2S2. The summed E-state index contributed by atoms with van der Waals surface area (Å²) in [6.07, 6.45) is 0.721. The van der Waals surface area contributed by atoms with Gasteiger partial charge in [0.2, 0.25) is 0 Å². The highest BCUT2D eigenvalue weighted by atomic mass is 32.1. The predicted molar refractivity (Wildman–Crippen MR) is 73.6 cm³/mol. The molecule has 0 bridgehead atoms. The van der Waals surface area contributed by atoms with Gasteiger partial charge in [-0.25, -0.2) is 4.98 Å². The molecule has 1 heterocycles. The first kappa shape index (κ1) is 14.5. The molecule has 0 radical (unpaired) electrons. The van der Waals surface area contributed by atoms with Crippen molar-refractivity contribution in [3.63, 3.8) is 0 Å². The lowest BCUT2D eigenvalue weighted by Gasteiger charge is -2.11. The van der Waals surface area contributed by atoms with Crippen molar-refractivity contribution < 1.29 is 9.47 Å². The molecule has 0 aliphatic carbocycles. The molecule has 0 amide bonds.